The first-order valence-corrected chi connectivity index (χ1v) is 8.12. The van der Waals surface area contributed by atoms with Crippen molar-refractivity contribution in [3.05, 3.63) is 23.9 Å². The molecule has 1 aromatic heterocycles. The van der Waals surface area contributed by atoms with Gasteiger partial charge < -0.3 is 10.2 Å². The third kappa shape index (κ3) is 4.20. The predicted molar refractivity (Wildman–Crippen MR) is 86.0 cm³/mol. The van der Waals surface area contributed by atoms with E-state index >= 15 is 0 Å². The van der Waals surface area contributed by atoms with Crippen molar-refractivity contribution < 1.29 is 0 Å². The summed E-state index contributed by atoms with van der Waals surface area (Å²) in [5.41, 5.74) is 1.15. The van der Waals surface area contributed by atoms with Gasteiger partial charge in [0, 0.05) is 19.6 Å². The zero-order valence-corrected chi connectivity index (χ0v) is 13.2. The van der Waals surface area contributed by atoms with Crippen molar-refractivity contribution in [2.45, 2.75) is 46.6 Å². The van der Waals surface area contributed by atoms with Gasteiger partial charge in [0.25, 0.3) is 0 Å². The van der Waals surface area contributed by atoms with Gasteiger partial charge in [0.05, 0.1) is 5.69 Å². The van der Waals surface area contributed by atoms with Gasteiger partial charge in [-0.05, 0) is 49.8 Å². The summed E-state index contributed by atoms with van der Waals surface area (Å²) < 4.78 is 0. The Morgan fingerprint density at radius 2 is 2.05 bits per heavy atom. The highest BCUT2D eigenvalue weighted by atomic mass is 15.2. The summed E-state index contributed by atoms with van der Waals surface area (Å²) in [6.07, 6.45) is 3.78. The van der Waals surface area contributed by atoms with Gasteiger partial charge in [-0.1, -0.05) is 26.8 Å². The first-order valence-electron chi connectivity index (χ1n) is 8.12. The van der Waals surface area contributed by atoms with E-state index in [1.165, 1.54) is 19.3 Å². The van der Waals surface area contributed by atoms with Crippen LogP contribution < -0.4 is 10.2 Å². The van der Waals surface area contributed by atoms with E-state index < -0.39 is 0 Å². The zero-order chi connectivity index (χ0) is 14.4. The van der Waals surface area contributed by atoms with E-state index in [0.29, 0.717) is 0 Å². The second kappa shape index (κ2) is 7.63. The molecule has 20 heavy (non-hydrogen) atoms. The van der Waals surface area contributed by atoms with Crippen LogP contribution in [-0.4, -0.2) is 24.6 Å². The van der Waals surface area contributed by atoms with E-state index in [0.717, 1.165) is 49.5 Å². The molecule has 0 unspecified atom stereocenters. The Labute approximate surface area is 123 Å². The average molecular weight is 275 g/mol. The van der Waals surface area contributed by atoms with Gasteiger partial charge in [-0.25, -0.2) is 4.98 Å². The summed E-state index contributed by atoms with van der Waals surface area (Å²) in [4.78, 5) is 7.25. The maximum absolute atomic E-state index is 4.80. The molecule has 0 saturated carbocycles. The van der Waals surface area contributed by atoms with Crippen LogP contribution in [0, 0.1) is 11.8 Å². The van der Waals surface area contributed by atoms with E-state index in [4.69, 9.17) is 4.98 Å². The van der Waals surface area contributed by atoms with Crippen molar-refractivity contribution in [1.82, 2.24) is 10.3 Å². The molecule has 0 atom stereocenters. The molecular formula is C17H29N3. The van der Waals surface area contributed by atoms with Gasteiger partial charge in [0.1, 0.15) is 5.82 Å². The second-order valence-corrected chi connectivity index (χ2v) is 6.23. The molecule has 1 aliphatic rings. The Bertz CT molecular complexity index is 395. The van der Waals surface area contributed by atoms with Crippen molar-refractivity contribution in [2.75, 3.05) is 24.5 Å². The fourth-order valence-electron chi connectivity index (χ4n) is 2.93. The molecule has 1 N–H and O–H groups in total. The molecular weight excluding hydrogens is 246 g/mol. The Morgan fingerprint density at radius 1 is 1.30 bits per heavy atom. The Kier molecular flexibility index (Phi) is 5.84. The summed E-state index contributed by atoms with van der Waals surface area (Å²) in [5.74, 6) is 2.86. The van der Waals surface area contributed by atoms with E-state index in [1.54, 1.807) is 0 Å². The first kappa shape index (κ1) is 15.3. The van der Waals surface area contributed by atoms with Crippen molar-refractivity contribution >= 4 is 5.82 Å². The van der Waals surface area contributed by atoms with E-state index in [-0.39, 0.29) is 0 Å². The van der Waals surface area contributed by atoms with Crippen LogP contribution in [0.4, 0.5) is 5.82 Å². The third-order valence-corrected chi connectivity index (χ3v) is 4.33. The highest BCUT2D eigenvalue weighted by molar-refractivity contribution is 5.39. The minimum Gasteiger partial charge on any atom is -0.357 e. The van der Waals surface area contributed by atoms with Crippen LogP contribution in [0.5, 0.6) is 0 Å². The molecule has 3 nitrogen and oxygen atoms in total. The Morgan fingerprint density at radius 3 is 2.70 bits per heavy atom. The van der Waals surface area contributed by atoms with E-state index in [2.05, 4.69) is 49.2 Å². The smallest absolute Gasteiger partial charge is 0.128 e. The first-order chi connectivity index (χ1) is 9.70. The SMILES string of the molecule is CCCNCc1cccc(N2CCC(C(C)C)CC2)n1. The van der Waals surface area contributed by atoms with Crippen molar-refractivity contribution in [2.24, 2.45) is 11.8 Å². The van der Waals surface area contributed by atoms with Gasteiger partial charge in [0.2, 0.25) is 0 Å². The molecule has 2 rings (SSSR count). The molecule has 112 valence electrons. The summed E-state index contributed by atoms with van der Waals surface area (Å²) >= 11 is 0. The Balaban J connectivity index is 1.91. The molecule has 0 aliphatic carbocycles. The maximum atomic E-state index is 4.80. The molecule has 0 bridgehead atoms. The fraction of sp³-hybridized carbons (Fsp3) is 0.706. The van der Waals surface area contributed by atoms with Gasteiger partial charge in [-0.15, -0.1) is 0 Å². The fourth-order valence-corrected chi connectivity index (χ4v) is 2.93. The molecule has 1 saturated heterocycles. The highest BCUT2D eigenvalue weighted by Gasteiger charge is 2.22. The number of rotatable bonds is 6. The lowest BCUT2D eigenvalue weighted by atomic mass is 9.87. The van der Waals surface area contributed by atoms with Crippen LogP contribution in [0.2, 0.25) is 0 Å². The van der Waals surface area contributed by atoms with Crippen LogP contribution >= 0.6 is 0 Å². The van der Waals surface area contributed by atoms with Gasteiger partial charge in [0.15, 0.2) is 0 Å². The minimum atomic E-state index is 0.815. The van der Waals surface area contributed by atoms with Crippen molar-refractivity contribution in [3.63, 3.8) is 0 Å². The zero-order valence-electron chi connectivity index (χ0n) is 13.2. The van der Waals surface area contributed by atoms with Crippen LogP contribution in [0.25, 0.3) is 0 Å². The number of nitrogens with one attached hydrogen (secondary N) is 1. The molecule has 1 aromatic rings. The minimum absolute atomic E-state index is 0.815. The molecule has 3 heteroatoms. The molecule has 0 spiro atoms. The lowest BCUT2D eigenvalue weighted by Gasteiger charge is -2.34. The topological polar surface area (TPSA) is 28.2 Å². The summed E-state index contributed by atoms with van der Waals surface area (Å²) in [6.45, 7) is 11.1. The van der Waals surface area contributed by atoms with Gasteiger partial charge in [-0.2, -0.15) is 0 Å². The lowest BCUT2D eigenvalue weighted by Crippen LogP contribution is -2.35. The number of hydrogen-bond acceptors (Lipinski definition) is 3. The molecule has 1 fully saturated rings. The lowest BCUT2D eigenvalue weighted by molar-refractivity contribution is 0.310. The van der Waals surface area contributed by atoms with Crippen LogP contribution in [-0.2, 0) is 6.54 Å². The number of hydrogen-bond donors (Lipinski definition) is 1. The van der Waals surface area contributed by atoms with E-state index in [9.17, 15) is 0 Å². The van der Waals surface area contributed by atoms with Gasteiger partial charge in [-0.3, -0.25) is 0 Å². The molecule has 0 radical (unpaired) electrons. The quantitative estimate of drug-likeness (QED) is 0.806. The van der Waals surface area contributed by atoms with Crippen molar-refractivity contribution in [1.29, 1.82) is 0 Å². The highest BCUT2D eigenvalue weighted by Crippen LogP contribution is 2.26. The Hall–Kier alpha value is -1.09. The number of nitrogens with zero attached hydrogens (tertiary/aromatic N) is 2. The van der Waals surface area contributed by atoms with Crippen LogP contribution in [0.3, 0.4) is 0 Å². The molecule has 0 amide bonds. The largest absolute Gasteiger partial charge is 0.357 e. The number of aromatic nitrogens is 1. The number of pyridine rings is 1. The average Bonchev–Trinajstić information content (AvgIpc) is 2.48. The van der Waals surface area contributed by atoms with Crippen molar-refractivity contribution in [3.8, 4) is 0 Å². The number of anilines is 1. The molecule has 2 heterocycles. The third-order valence-electron chi connectivity index (χ3n) is 4.33. The second-order valence-electron chi connectivity index (χ2n) is 6.23. The summed E-state index contributed by atoms with van der Waals surface area (Å²) in [6, 6.07) is 6.41. The maximum Gasteiger partial charge on any atom is 0.128 e. The monoisotopic (exact) mass is 275 g/mol. The molecule has 0 aromatic carbocycles. The summed E-state index contributed by atoms with van der Waals surface area (Å²) in [7, 11) is 0. The van der Waals surface area contributed by atoms with Crippen LogP contribution in [0.1, 0.15) is 45.7 Å². The van der Waals surface area contributed by atoms with Crippen LogP contribution in [0.15, 0.2) is 18.2 Å². The summed E-state index contributed by atoms with van der Waals surface area (Å²) in [5, 5.41) is 3.42. The normalized spacial score (nSPS) is 16.9. The number of piperidine rings is 1. The predicted octanol–water partition coefficient (Wildman–Crippen LogP) is 3.45. The van der Waals surface area contributed by atoms with Gasteiger partial charge >= 0.3 is 0 Å². The molecule has 1 aliphatic heterocycles. The van der Waals surface area contributed by atoms with E-state index in [1.807, 2.05) is 0 Å². The standard InChI is InChI=1S/C17H29N3/c1-4-10-18-13-16-6-5-7-17(19-16)20-11-8-15(9-12-20)14(2)3/h5-7,14-15,18H,4,8-13H2,1-3H3.